The molecule has 1 amide bonds. The molecule has 1 aliphatic rings. The van der Waals surface area contributed by atoms with Crippen molar-refractivity contribution >= 4 is 21.6 Å². The second kappa shape index (κ2) is 9.77. The zero-order valence-electron chi connectivity index (χ0n) is 19.4. The molecule has 0 fully saturated rings. The van der Waals surface area contributed by atoms with Gasteiger partial charge in [-0.15, -0.1) is 0 Å². The number of hydrogen-bond donors (Lipinski definition) is 1. The number of anilines is 1. The van der Waals surface area contributed by atoms with E-state index in [1.165, 1.54) is 12.1 Å². The van der Waals surface area contributed by atoms with Crippen molar-refractivity contribution in [1.29, 1.82) is 0 Å². The molecule has 1 heterocycles. The lowest BCUT2D eigenvalue weighted by atomic mass is 10.0. The van der Waals surface area contributed by atoms with Gasteiger partial charge in [0.05, 0.1) is 16.6 Å². The van der Waals surface area contributed by atoms with Crippen molar-refractivity contribution in [1.82, 2.24) is 5.32 Å². The lowest BCUT2D eigenvalue weighted by molar-refractivity contribution is -0.120. The molecule has 7 nitrogen and oxygen atoms in total. The molecule has 34 heavy (non-hydrogen) atoms. The van der Waals surface area contributed by atoms with Crippen molar-refractivity contribution in [3.05, 3.63) is 83.4 Å². The van der Waals surface area contributed by atoms with Crippen molar-refractivity contribution < 1.29 is 22.7 Å². The zero-order valence-corrected chi connectivity index (χ0v) is 20.3. The maximum absolute atomic E-state index is 13.6. The van der Waals surface area contributed by atoms with Crippen LogP contribution in [0.4, 0.5) is 5.69 Å². The van der Waals surface area contributed by atoms with Gasteiger partial charge >= 0.3 is 0 Å². The predicted molar refractivity (Wildman–Crippen MR) is 131 cm³/mol. The van der Waals surface area contributed by atoms with Crippen LogP contribution in [0.3, 0.4) is 0 Å². The molecule has 4 rings (SSSR count). The molecule has 0 radical (unpaired) electrons. The van der Waals surface area contributed by atoms with E-state index in [9.17, 15) is 13.2 Å². The average Bonchev–Trinajstić information content (AvgIpc) is 2.82. The van der Waals surface area contributed by atoms with Gasteiger partial charge in [-0.3, -0.25) is 9.10 Å². The molecule has 1 unspecified atom stereocenters. The van der Waals surface area contributed by atoms with E-state index in [4.69, 9.17) is 9.47 Å². The van der Waals surface area contributed by atoms with E-state index in [0.29, 0.717) is 30.4 Å². The highest BCUT2D eigenvalue weighted by Crippen LogP contribution is 2.35. The topological polar surface area (TPSA) is 84.9 Å². The van der Waals surface area contributed by atoms with Gasteiger partial charge in [-0.2, -0.15) is 0 Å². The Bertz CT molecular complexity index is 1290. The highest BCUT2D eigenvalue weighted by Gasteiger charge is 2.29. The number of carbonyl (C=O) groups is 1. The molecule has 1 N–H and O–H groups in total. The summed E-state index contributed by atoms with van der Waals surface area (Å²) in [5.41, 5.74) is 3.50. The van der Waals surface area contributed by atoms with Gasteiger partial charge in [0.1, 0.15) is 19.8 Å². The van der Waals surface area contributed by atoms with Crippen molar-refractivity contribution in [3.63, 3.8) is 0 Å². The van der Waals surface area contributed by atoms with Crippen LogP contribution in [0, 0.1) is 13.8 Å². The first kappa shape index (κ1) is 23.6. The molecule has 1 aliphatic heterocycles. The summed E-state index contributed by atoms with van der Waals surface area (Å²) < 4.78 is 39.4. The minimum Gasteiger partial charge on any atom is -0.486 e. The lowest BCUT2D eigenvalue weighted by Crippen LogP contribution is -2.41. The molecule has 0 bridgehead atoms. The fourth-order valence-electron chi connectivity index (χ4n) is 4.03. The minimum absolute atomic E-state index is 0.0973. The van der Waals surface area contributed by atoms with Gasteiger partial charge in [0.15, 0.2) is 11.5 Å². The van der Waals surface area contributed by atoms with E-state index >= 15 is 0 Å². The van der Waals surface area contributed by atoms with E-state index in [2.05, 4.69) is 11.4 Å². The summed E-state index contributed by atoms with van der Waals surface area (Å²) in [6, 6.07) is 18.7. The van der Waals surface area contributed by atoms with Crippen molar-refractivity contribution in [2.24, 2.45) is 0 Å². The SMILES string of the molecule is Cc1ccc(C(C)NC(=O)CN(c2ccc3c(c2)OCCO3)S(=O)(=O)c2ccccc2)c(C)c1. The number of carbonyl (C=O) groups excluding carboxylic acids is 1. The fraction of sp³-hybridized carbons (Fsp3) is 0.269. The van der Waals surface area contributed by atoms with Crippen molar-refractivity contribution in [3.8, 4) is 11.5 Å². The smallest absolute Gasteiger partial charge is 0.264 e. The van der Waals surface area contributed by atoms with E-state index in [1.54, 1.807) is 36.4 Å². The average molecular weight is 481 g/mol. The molecule has 3 aromatic carbocycles. The number of ether oxygens (including phenoxy) is 2. The monoisotopic (exact) mass is 480 g/mol. The Kier molecular flexibility index (Phi) is 6.79. The number of fused-ring (bicyclic) bond motifs is 1. The Hall–Kier alpha value is -3.52. The number of nitrogens with zero attached hydrogens (tertiary/aromatic N) is 1. The molecule has 0 saturated carbocycles. The van der Waals surface area contributed by atoms with Gasteiger partial charge < -0.3 is 14.8 Å². The Labute approximate surface area is 200 Å². The van der Waals surface area contributed by atoms with Gasteiger partial charge in [0, 0.05) is 6.07 Å². The number of sulfonamides is 1. The van der Waals surface area contributed by atoms with Crippen LogP contribution in [0.15, 0.2) is 71.6 Å². The van der Waals surface area contributed by atoms with Crippen molar-refractivity contribution in [2.45, 2.75) is 31.7 Å². The predicted octanol–water partition coefficient (Wildman–Crippen LogP) is 4.15. The molecule has 0 spiro atoms. The van der Waals surface area contributed by atoms with E-state index in [-0.39, 0.29) is 17.5 Å². The van der Waals surface area contributed by atoms with Gasteiger partial charge in [-0.25, -0.2) is 8.42 Å². The standard InChI is InChI=1S/C26H28N2O5S/c1-18-9-11-23(19(2)15-18)20(3)27-26(29)17-28(34(30,31)22-7-5-4-6-8-22)21-10-12-24-25(16-21)33-14-13-32-24/h4-12,15-16,20H,13-14,17H2,1-3H3,(H,27,29). The second-order valence-electron chi connectivity index (χ2n) is 8.30. The Morgan fingerprint density at radius 3 is 2.38 bits per heavy atom. The van der Waals surface area contributed by atoms with Crippen LogP contribution in [0.25, 0.3) is 0 Å². The molecule has 0 saturated heterocycles. The number of rotatable bonds is 7. The van der Waals surface area contributed by atoms with Crippen molar-refractivity contribution in [2.75, 3.05) is 24.1 Å². The number of nitrogens with one attached hydrogen (secondary N) is 1. The van der Waals surface area contributed by atoms with Crippen LogP contribution in [-0.4, -0.2) is 34.1 Å². The Balaban J connectivity index is 1.64. The quantitative estimate of drug-likeness (QED) is 0.549. The molecule has 3 aromatic rings. The van der Waals surface area contributed by atoms with Crippen LogP contribution in [-0.2, 0) is 14.8 Å². The molecular formula is C26H28N2O5S. The number of amides is 1. The van der Waals surface area contributed by atoms with Gasteiger partial charge in [-0.05, 0) is 56.2 Å². The Morgan fingerprint density at radius 2 is 1.68 bits per heavy atom. The minimum atomic E-state index is -4.01. The van der Waals surface area contributed by atoms with Crippen LogP contribution < -0.4 is 19.1 Å². The lowest BCUT2D eigenvalue weighted by Gasteiger charge is -2.27. The first-order valence-electron chi connectivity index (χ1n) is 11.1. The van der Waals surface area contributed by atoms with E-state index in [1.807, 2.05) is 32.9 Å². The zero-order chi connectivity index (χ0) is 24.3. The second-order valence-corrected chi connectivity index (χ2v) is 10.2. The molecule has 178 valence electrons. The maximum Gasteiger partial charge on any atom is 0.264 e. The van der Waals surface area contributed by atoms with Gasteiger partial charge in [-0.1, -0.05) is 42.0 Å². The first-order valence-corrected chi connectivity index (χ1v) is 12.5. The third kappa shape index (κ3) is 5.02. The number of hydrogen-bond acceptors (Lipinski definition) is 5. The summed E-state index contributed by atoms with van der Waals surface area (Å²) in [6.07, 6.45) is 0. The van der Waals surface area contributed by atoms with Crippen LogP contribution in [0.2, 0.25) is 0 Å². The van der Waals surface area contributed by atoms with E-state index in [0.717, 1.165) is 21.0 Å². The Morgan fingerprint density at radius 1 is 0.971 bits per heavy atom. The summed E-state index contributed by atoms with van der Waals surface area (Å²) in [4.78, 5) is 13.2. The van der Waals surface area contributed by atoms with E-state index < -0.39 is 15.9 Å². The maximum atomic E-state index is 13.6. The van der Waals surface area contributed by atoms with Crippen LogP contribution >= 0.6 is 0 Å². The summed E-state index contributed by atoms with van der Waals surface area (Å²) >= 11 is 0. The first-order chi connectivity index (χ1) is 16.3. The highest BCUT2D eigenvalue weighted by molar-refractivity contribution is 7.92. The molecule has 8 heteroatoms. The molecule has 0 aromatic heterocycles. The third-order valence-electron chi connectivity index (χ3n) is 5.70. The summed E-state index contributed by atoms with van der Waals surface area (Å²) in [7, 11) is -4.01. The largest absolute Gasteiger partial charge is 0.486 e. The molecular weight excluding hydrogens is 452 g/mol. The number of benzene rings is 3. The molecule has 0 aliphatic carbocycles. The number of aryl methyl sites for hydroxylation is 2. The van der Waals surface area contributed by atoms with Gasteiger partial charge in [0.2, 0.25) is 5.91 Å². The summed E-state index contributed by atoms with van der Waals surface area (Å²) in [5, 5.41) is 2.94. The van der Waals surface area contributed by atoms with Gasteiger partial charge in [0.25, 0.3) is 10.0 Å². The molecule has 1 atom stereocenters. The van der Waals surface area contributed by atoms with Crippen LogP contribution in [0.5, 0.6) is 11.5 Å². The highest BCUT2D eigenvalue weighted by atomic mass is 32.2. The fourth-order valence-corrected chi connectivity index (χ4v) is 5.46. The summed E-state index contributed by atoms with van der Waals surface area (Å²) in [6.45, 7) is 6.31. The third-order valence-corrected chi connectivity index (χ3v) is 7.49. The summed E-state index contributed by atoms with van der Waals surface area (Å²) in [5.74, 6) is 0.572. The van der Waals surface area contributed by atoms with Crippen LogP contribution in [0.1, 0.15) is 29.7 Å². The normalized spacial score (nSPS) is 13.7.